The first kappa shape index (κ1) is 12.9. The van der Waals surface area contributed by atoms with E-state index in [1.807, 2.05) is 36.2 Å². The zero-order chi connectivity index (χ0) is 13.1. The summed E-state index contributed by atoms with van der Waals surface area (Å²) in [7, 11) is 1.87. The molecule has 0 saturated carbocycles. The van der Waals surface area contributed by atoms with Gasteiger partial charge in [-0.15, -0.1) is 0 Å². The number of hydrogen-bond acceptors (Lipinski definition) is 4. The van der Waals surface area contributed by atoms with Gasteiger partial charge < -0.3 is 10.6 Å². The van der Waals surface area contributed by atoms with E-state index in [4.69, 9.17) is 28.9 Å². The number of rotatable bonds is 3. The van der Waals surface area contributed by atoms with Gasteiger partial charge in [-0.2, -0.15) is 4.98 Å². The molecule has 0 saturated heterocycles. The van der Waals surface area contributed by atoms with Crippen LogP contribution in [0, 0.1) is 0 Å². The average molecular weight is 283 g/mol. The molecule has 0 atom stereocenters. The number of anilines is 2. The summed E-state index contributed by atoms with van der Waals surface area (Å²) in [5.74, 6) is 0.593. The van der Waals surface area contributed by atoms with Crippen molar-refractivity contribution in [3.8, 4) is 0 Å². The van der Waals surface area contributed by atoms with Gasteiger partial charge in [0.1, 0.15) is 0 Å². The second kappa shape index (κ2) is 5.42. The van der Waals surface area contributed by atoms with Crippen LogP contribution in [0.4, 0.5) is 11.5 Å². The highest BCUT2D eigenvalue weighted by Gasteiger charge is 2.10. The van der Waals surface area contributed by atoms with Crippen molar-refractivity contribution < 1.29 is 0 Å². The highest BCUT2D eigenvalue weighted by atomic mass is 35.5. The van der Waals surface area contributed by atoms with Crippen molar-refractivity contribution in [1.82, 2.24) is 9.97 Å². The first-order chi connectivity index (χ1) is 8.58. The summed E-state index contributed by atoms with van der Waals surface area (Å²) >= 11 is 11.9. The molecule has 1 aromatic heterocycles. The van der Waals surface area contributed by atoms with Crippen LogP contribution in [0.15, 0.2) is 30.5 Å². The lowest BCUT2D eigenvalue weighted by Gasteiger charge is -2.20. The van der Waals surface area contributed by atoms with E-state index in [1.54, 1.807) is 0 Å². The number of hydrogen-bond donors (Lipinski definition) is 1. The summed E-state index contributed by atoms with van der Waals surface area (Å²) in [5.41, 5.74) is 7.30. The van der Waals surface area contributed by atoms with Crippen molar-refractivity contribution in [3.05, 3.63) is 46.3 Å². The first-order valence-electron chi connectivity index (χ1n) is 5.30. The maximum Gasteiger partial charge on any atom is 0.224 e. The van der Waals surface area contributed by atoms with Gasteiger partial charge in [-0.3, -0.25) is 0 Å². The molecule has 2 rings (SSSR count). The Morgan fingerprint density at radius 1 is 1.28 bits per heavy atom. The summed E-state index contributed by atoms with van der Waals surface area (Å²) < 4.78 is 0. The van der Waals surface area contributed by atoms with Gasteiger partial charge in [0.2, 0.25) is 5.28 Å². The number of nitrogen functional groups attached to an aromatic ring is 1. The molecular weight excluding hydrogens is 271 g/mol. The Hall–Kier alpha value is -1.52. The van der Waals surface area contributed by atoms with Crippen molar-refractivity contribution >= 4 is 34.7 Å². The van der Waals surface area contributed by atoms with Crippen LogP contribution in [0.3, 0.4) is 0 Å². The first-order valence-corrected chi connectivity index (χ1v) is 6.06. The van der Waals surface area contributed by atoms with Crippen molar-refractivity contribution in [2.24, 2.45) is 0 Å². The van der Waals surface area contributed by atoms with Crippen LogP contribution < -0.4 is 10.6 Å². The molecule has 18 heavy (non-hydrogen) atoms. The molecular formula is C12H12Cl2N4. The minimum atomic E-state index is 0.171. The van der Waals surface area contributed by atoms with Crippen LogP contribution in [0.25, 0.3) is 0 Å². The molecule has 0 unspecified atom stereocenters. The van der Waals surface area contributed by atoms with Gasteiger partial charge in [0.15, 0.2) is 5.82 Å². The molecule has 1 heterocycles. The molecule has 2 N–H and O–H groups in total. The van der Waals surface area contributed by atoms with Gasteiger partial charge in [-0.1, -0.05) is 29.8 Å². The summed E-state index contributed by atoms with van der Waals surface area (Å²) in [4.78, 5) is 9.81. The van der Waals surface area contributed by atoms with Crippen LogP contribution in [0.2, 0.25) is 10.3 Å². The van der Waals surface area contributed by atoms with E-state index in [2.05, 4.69) is 9.97 Å². The third-order valence-corrected chi connectivity index (χ3v) is 3.04. The molecule has 4 nitrogen and oxygen atoms in total. The van der Waals surface area contributed by atoms with E-state index in [1.165, 1.54) is 6.20 Å². The minimum absolute atomic E-state index is 0.171. The minimum Gasteiger partial charge on any atom is -0.394 e. The second-order valence-corrected chi connectivity index (χ2v) is 4.61. The summed E-state index contributed by atoms with van der Waals surface area (Å²) in [6, 6.07) is 7.63. The molecule has 0 amide bonds. The maximum absolute atomic E-state index is 6.11. The topological polar surface area (TPSA) is 55.0 Å². The fraction of sp³-hybridized carbons (Fsp3) is 0.167. The number of aromatic nitrogens is 2. The van der Waals surface area contributed by atoms with Gasteiger partial charge in [0.25, 0.3) is 0 Å². The molecule has 0 bridgehead atoms. The van der Waals surface area contributed by atoms with Crippen molar-refractivity contribution in [2.45, 2.75) is 6.54 Å². The molecule has 6 heteroatoms. The van der Waals surface area contributed by atoms with Gasteiger partial charge in [0, 0.05) is 18.6 Å². The Bertz CT molecular complexity index is 560. The molecule has 1 aromatic carbocycles. The highest BCUT2D eigenvalue weighted by molar-refractivity contribution is 6.31. The Labute approximate surface area is 115 Å². The molecule has 0 aliphatic carbocycles. The van der Waals surface area contributed by atoms with Crippen LogP contribution in [0.1, 0.15) is 5.56 Å². The van der Waals surface area contributed by atoms with E-state index in [-0.39, 0.29) is 5.28 Å². The molecule has 0 fully saturated rings. The summed E-state index contributed by atoms with van der Waals surface area (Å²) in [6.07, 6.45) is 1.49. The molecule has 0 aliphatic rings. The van der Waals surface area contributed by atoms with Crippen LogP contribution in [0.5, 0.6) is 0 Å². The standard InChI is InChI=1S/C12H12Cl2N4/c1-18(7-8-4-2-3-5-9(8)13)11-10(15)6-16-12(14)17-11/h2-6H,7,15H2,1H3. The Morgan fingerprint density at radius 2 is 2.00 bits per heavy atom. The molecule has 2 aromatic rings. The van der Waals surface area contributed by atoms with Crippen LogP contribution in [-0.2, 0) is 6.54 Å². The zero-order valence-electron chi connectivity index (χ0n) is 9.77. The van der Waals surface area contributed by atoms with Crippen molar-refractivity contribution in [1.29, 1.82) is 0 Å². The molecule has 0 spiro atoms. The Morgan fingerprint density at radius 3 is 2.72 bits per heavy atom. The maximum atomic E-state index is 6.11. The summed E-state index contributed by atoms with van der Waals surface area (Å²) in [5, 5.41) is 0.883. The molecule has 0 radical (unpaired) electrons. The van der Waals surface area contributed by atoms with E-state index >= 15 is 0 Å². The largest absolute Gasteiger partial charge is 0.394 e. The lowest BCUT2D eigenvalue weighted by Crippen LogP contribution is -2.19. The predicted octanol–water partition coefficient (Wildman–Crippen LogP) is 3.00. The van der Waals surface area contributed by atoms with Gasteiger partial charge in [-0.05, 0) is 23.2 Å². The number of benzene rings is 1. The number of halogens is 2. The third kappa shape index (κ3) is 2.83. The van der Waals surface area contributed by atoms with E-state index < -0.39 is 0 Å². The molecule has 0 aliphatic heterocycles. The van der Waals surface area contributed by atoms with E-state index in [0.29, 0.717) is 23.1 Å². The van der Waals surface area contributed by atoms with E-state index in [0.717, 1.165) is 5.56 Å². The number of nitrogens with two attached hydrogens (primary N) is 1. The quantitative estimate of drug-likeness (QED) is 0.880. The normalized spacial score (nSPS) is 10.4. The Kier molecular flexibility index (Phi) is 3.89. The second-order valence-electron chi connectivity index (χ2n) is 3.87. The average Bonchev–Trinajstić information content (AvgIpc) is 2.35. The predicted molar refractivity (Wildman–Crippen MR) is 75.0 cm³/mol. The van der Waals surface area contributed by atoms with Crippen LogP contribution in [-0.4, -0.2) is 17.0 Å². The molecule has 94 valence electrons. The van der Waals surface area contributed by atoms with Gasteiger partial charge in [-0.25, -0.2) is 4.98 Å². The fourth-order valence-electron chi connectivity index (χ4n) is 1.62. The SMILES string of the molecule is CN(Cc1ccccc1Cl)c1nc(Cl)ncc1N. The monoisotopic (exact) mass is 282 g/mol. The zero-order valence-corrected chi connectivity index (χ0v) is 11.3. The van der Waals surface area contributed by atoms with E-state index in [9.17, 15) is 0 Å². The van der Waals surface area contributed by atoms with Gasteiger partial charge >= 0.3 is 0 Å². The van der Waals surface area contributed by atoms with Crippen molar-refractivity contribution in [3.63, 3.8) is 0 Å². The van der Waals surface area contributed by atoms with Crippen molar-refractivity contribution in [2.75, 3.05) is 17.7 Å². The Balaban J connectivity index is 2.25. The summed E-state index contributed by atoms with van der Waals surface area (Å²) in [6.45, 7) is 0.594. The smallest absolute Gasteiger partial charge is 0.224 e. The van der Waals surface area contributed by atoms with Crippen LogP contribution >= 0.6 is 23.2 Å². The highest BCUT2D eigenvalue weighted by Crippen LogP contribution is 2.23. The lowest BCUT2D eigenvalue weighted by atomic mass is 10.2. The number of nitrogens with zero attached hydrogens (tertiary/aromatic N) is 3. The third-order valence-electron chi connectivity index (χ3n) is 2.49. The lowest BCUT2D eigenvalue weighted by molar-refractivity contribution is 0.894. The van der Waals surface area contributed by atoms with Gasteiger partial charge in [0.05, 0.1) is 11.9 Å². The fourth-order valence-corrected chi connectivity index (χ4v) is 1.95.